The molecule has 1 aliphatic rings. The van der Waals surface area contributed by atoms with Crippen LogP contribution in [0.5, 0.6) is 0 Å². The predicted molar refractivity (Wildman–Crippen MR) is 117 cm³/mol. The Bertz CT molecular complexity index is 1040. The second-order valence-corrected chi connectivity index (χ2v) is 9.39. The van der Waals surface area contributed by atoms with Gasteiger partial charge >= 0.3 is 0 Å². The molecule has 2 aromatic rings. The van der Waals surface area contributed by atoms with Crippen LogP contribution in [0.2, 0.25) is 0 Å². The van der Waals surface area contributed by atoms with Crippen LogP contribution < -0.4 is 10.6 Å². The van der Waals surface area contributed by atoms with E-state index in [1.807, 2.05) is 0 Å². The maximum Gasteiger partial charge on any atom is 0.243 e. The molecule has 7 nitrogen and oxygen atoms in total. The largest absolute Gasteiger partial charge is 0.376 e. The van der Waals surface area contributed by atoms with Crippen molar-refractivity contribution in [1.29, 1.82) is 0 Å². The van der Waals surface area contributed by atoms with E-state index in [-0.39, 0.29) is 23.1 Å². The molecular weight excluding hydrogens is 402 g/mol. The van der Waals surface area contributed by atoms with E-state index in [9.17, 15) is 18.0 Å². The summed E-state index contributed by atoms with van der Waals surface area (Å²) >= 11 is 0. The molecule has 0 aromatic heterocycles. The fourth-order valence-electron chi connectivity index (χ4n) is 3.44. The minimum atomic E-state index is -3.55. The van der Waals surface area contributed by atoms with Crippen molar-refractivity contribution in [2.24, 2.45) is 0 Å². The molecule has 8 heteroatoms. The number of amides is 1. The number of hydrogen-bond donors (Lipinski definition) is 2. The fraction of sp³-hybridized carbons (Fsp3) is 0.364. The second kappa shape index (κ2) is 9.40. The highest BCUT2D eigenvalue weighted by molar-refractivity contribution is 7.89. The molecular formula is C22H27N3O4S. The van der Waals surface area contributed by atoms with Crippen molar-refractivity contribution in [2.75, 3.05) is 30.3 Å². The Labute approximate surface area is 177 Å². The van der Waals surface area contributed by atoms with Gasteiger partial charge in [-0.2, -0.15) is 4.31 Å². The molecule has 0 unspecified atom stereocenters. The molecule has 3 rings (SSSR count). The Hall–Kier alpha value is -2.71. The number of nitrogens with zero attached hydrogens (tertiary/aromatic N) is 1. The van der Waals surface area contributed by atoms with Gasteiger partial charge in [0.2, 0.25) is 15.9 Å². The number of piperidine rings is 1. The summed E-state index contributed by atoms with van der Waals surface area (Å²) in [5.41, 5.74) is 2.29. The highest BCUT2D eigenvalue weighted by Crippen LogP contribution is 2.26. The molecule has 0 spiro atoms. The number of sulfonamides is 1. The Balaban J connectivity index is 1.67. The van der Waals surface area contributed by atoms with Crippen LogP contribution in [0, 0.1) is 6.92 Å². The third kappa shape index (κ3) is 5.25. The van der Waals surface area contributed by atoms with Gasteiger partial charge in [-0.3, -0.25) is 9.59 Å². The number of nitrogens with one attached hydrogen (secondary N) is 2. The topological polar surface area (TPSA) is 95.6 Å². The Kier molecular flexibility index (Phi) is 6.89. The summed E-state index contributed by atoms with van der Waals surface area (Å²) in [6, 6.07) is 11.8. The van der Waals surface area contributed by atoms with Crippen LogP contribution in [-0.4, -0.2) is 44.0 Å². The van der Waals surface area contributed by atoms with Gasteiger partial charge in [0.1, 0.15) is 0 Å². The SMILES string of the molecule is CC(=O)c1cccc(NC(=O)CNc2ccc(C)c(S(=O)(=O)N3CCCCC3)c2)c1. The highest BCUT2D eigenvalue weighted by atomic mass is 32.2. The summed E-state index contributed by atoms with van der Waals surface area (Å²) in [5.74, 6) is -0.372. The van der Waals surface area contributed by atoms with Crippen molar-refractivity contribution in [1.82, 2.24) is 4.31 Å². The summed E-state index contributed by atoms with van der Waals surface area (Å²) in [6.07, 6.45) is 2.81. The first-order valence-corrected chi connectivity index (χ1v) is 11.5. The third-order valence-electron chi connectivity index (χ3n) is 5.13. The van der Waals surface area contributed by atoms with Crippen molar-refractivity contribution >= 4 is 33.1 Å². The molecule has 2 N–H and O–H groups in total. The number of carbonyl (C=O) groups excluding carboxylic acids is 2. The van der Waals surface area contributed by atoms with Gasteiger partial charge in [-0.25, -0.2) is 8.42 Å². The van der Waals surface area contributed by atoms with E-state index in [1.165, 1.54) is 11.2 Å². The lowest BCUT2D eigenvalue weighted by molar-refractivity contribution is -0.114. The third-order valence-corrected chi connectivity index (χ3v) is 7.17. The average Bonchev–Trinajstić information content (AvgIpc) is 2.74. The van der Waals surface area contributed by atoms with Crippen molar-refractivity contribution < 1.29 is 18.0 Å². The molecule has 160 valence electrons. The monoisotopic (exact) mass is 429 g/mol. The molecule has 1 amide bonds. The van der Waals surface area contributed by atoms with Gasteiger partial charge in [0.25, 0.3) is 0 Å². The zero-order chi connectivity index (χ0) is 21.7. The van der Waals surface area contributed by atoms with Gasteiger partial charge < -0.3 is 10.6 Å². The lowest BCUT2D eigenvalue weighted by Gasteiger charge is -2.26. The smallest absolute Gasteiger partial charge is 0.243 e. The van der Waals surface area contributed by atoms with Crippen molar-refractivity contribution in [3.63, 3.8) is 0 Å². The molecule has 30 heavy (non-hydrogen) atoms. The predicted octanol–water partition coefficient (Wildman–Crippen LogP) is 3.42. The molecule has 1 fully saturated rings. The van der Waals surface area contributed by atoms with E-state index in [0.717, 1.165) is 19.3 Å². The average molecular weight is 430 g/mol. The quantitative estimate of drug-likeness (QED) is 0.658. The lowest BCUT2D eigenvalue weighted by Crippen LogP contribution is -2.36. The maximum absolute atomic E-state index is 13.0. The van der Waals surface area contributed by atoms with E-state index >= 15 is 0 Å². The van der Waals surface area contributed by atoms with E-state index < -0.39 is 10.0 Å². The number of rotatable bonds is 7. The van der Waals surface area contributed by atoms with E-state index in [0.29, 0.717) is 35.6 Å². The van der Waals surface area contributed by atoms with Crippen molar-refractivity contribution in [3.8, 4) is 0 Å². The lowest BCUT2D eigenvalue weighted by atomic mass is 10.1. The number of anilines is 2. The van der Waals surface area contributed by atoms with E-state index in [4.69, 9.17) is 0 Å². The Morgan fingerprint density at radius 2 is 1.73 bits per heavy atom. The molecule has 2 aromatic carbocycles. The molecule has 0 atom stereocenters. The van der Waals surface area contributed by atoms with Gasteiger partial charge in [-0.15, -0.1) is 0 Å². The van der Waals surface area contributed by atoms with E-state index in [1.54, 1.807) is 49.4 Å². The number of benzene rings is 2. The van der Waals surface area contributed by atoms with Gasteiger partial charge in [-0.1, -0.05) is 24.6 Å². The van der Waals surface area contributed by atoms with Crippen LogP contribution in [0.4, 0.5) is 11.4 Å². The minimum absolute atomic E-state index is 0.0312. The normalized spacial score (nSPS) is 14.9. The standard InChI is InChI=1S/C22H27N3O4S/c1-16-9-10-19(14-21(16)30(28,29)25-11-4-3-5-12-25)23-15-22(27)24-20-8-6-7-18(13-20)17(2)26/h6-10,13-14,23H,3-5,11-12,15H2,1-2H3,(H,24,27). The first-order valence-electron chi connectivity index (χ1n) is 10.0. The zero-order valence-electron chi connectivity index (χ0n) is 17.3. The van der Waals surface area contributed by atoms with E-state index in [2.05, 4.69) is 10.6 Å². The van der Waals surface area contributed by atoms with Gasteiger partial charge in [0, 0.05) is 30.0 Å². The summed E-state index contributed by atoms with van der Waals surface area (Å²) < 4.78 is 27.6. The summed E-state index contributed by atoms with van der Waals surface area (Å²) in [5, 5.41) is 5.72. The fourth-order valence-corrected chi connectivity index (χ4v) is 5.20. The summed E-state index contributed by atoms with van der Waals surface area (Å²) in [6.45, 7) is 4.30. The summed E-state index contributed by atoms with van der Waals surface area (Å²) in [7, 11) is -3.55. The van der Waals surface area contributed by atoms with Gasteiger partial charge in [-0.05, 0) is 56.5 Å². The van der Waals surface area contributed by atoms with Crippen LogP contribution in [0.1, 0.15) is 42.1 Å². The number of Topliss-reactive ketones (excluding diaryl/α,β-unsaturated/α-hetero) is 1. The summed E-state index contributed by atoms with van der Waals surface area (Å²) in [4.78, 5) is 24.0. The second-order valence-electron chi connectivity index (χ2n) is 7.48. The zero-order valence-corrected chi connectivity index (χ0v) is 18.1. The Morgan fingerprint density at radius 1 is 1.00 bits per heavy atom. The molecule has 1 heterocycles. The number of aryl methyl sites for hydroxylation is 1. The first-order chi connectivity index (χ1) is 14.3. The molecule has 0 radical (unpaired) electrons. The number of ketones is 1. The van der Waals surface area contributed by atoms with Gasteiger partial charge in [0.15, 0.2) is 5.78 Å². The minimum Gasteiger partial charge on any atom is -0.376 e. The van der Waals surface area contributed by atoms with Gasteiger partial charge in [0.05, 0.1) is 11.4 Å². The molecule has 0 saturated carbocycles. The van der Waals surface area contributed by atoms with Crippen LogP contribution in [0.25, 0.3) is 0 Å². The van der Waals surface area contributed by atoms with Crippen LogP contribution >= 0.6 is 0 Å². The first kappa shape index (κ1) is 22.0. The van der Waals surface area contributed by atoms with Crippen molar-refractivity contribution in [2.45, 2.75) is 38.0 Å². The molecule has 0 aliphatic carbocycles. The maximum atomic E-state index is 13.0. The molecule has 1 saturated heterocycles. The Morgan fingerprint density at radius 3 is 2.43 bits per heavy atom. The van der Waals surface area contributed by atoms with Crippen LogP contribution in [0.15, 0.2) is 47.4 Å². The van der Waals surface area contributed by atoms with Crippen molar-refractivity contribution in [3.05, 3.63) is 53.6 Å². The van der Waals surface area contributed by atoms with Crippen LogP contribution in [-0.2, 0) is 14.8 Å². The molecule has 0 bridgehead atoms. The molecule has 1 aliphatic heterocycles. The number of hydrogen-bond acceptors (Lipinski definition) is 5. The van der Waals surface area contributed by atoms with Crippen LogP contribution in [0.3, 0.4) is 0 Å². The number of carbonyl (C=O) groups is 2. The highest BCUT2D eigenvalue weighted by Gasteiger charge is 2.27.